The highest BCUT2D eigenvalue weighted by molar-refractivity contribution is 5.79. The predicted octanol–water partition coefficient (Wildman–Crippen LogP) is 3.27. The van der Waals surface area contributed by atoms with Crippen LogP contribution in [0.2, 0.25) is 0 Å². The molecule has 4 rings (SSSR count). The van der Waals surface area contributed by atoms with E-state index in [4.69, 9.17) is 9.47 Å². The monoisotopic (exact) mass is 398 g/mol. The molecule has 1 amide bonds. The molecular formula is C22H26N2O5. The molecule has 2 aliphatic rings. The average molecular weight is 398 g/mol. The Bertz CT molecular complexity index is 865. The first-order chi connectivity index (χ1) is 13.7. The third-order valence-electron chi connectivity index (χ3n) is 5.06. The number of hydrogen-bond donors (Lipinski definition) is 2. The Hall–Kier alpha value is -2.77. The van der Waals surface area contributed by atoms with E-state index >= 15 is 0 Å². The van der Waals surface area contributed by atoms with Crippen LogP contribution >= 0.6 is 0 Å². The Morgan fingerprint density at radius 3 is 2.10 bits per heavy atom. The molecule has 0 spiro atoms. The molecule has 1 fully saturated rings. The van der Waals surface area contributed by atoms with Crippen molar-refractivity contribution in [1.29, 1.82) is 0 Å². The number of ether oxygens (including phenoxy) is 2. The van der Waals surface area contributed by atoms with Gasteiger partial charge in [0.25, 0.3) is 0 Å². The van der Waals surface area contributed by atoms with Crippen molar-refractivity contribution in [2.24, 2.45) is 0 Å². The molecular weight excluding hydrogens is 372 g/mol. The summed E-state index contributed by atoms with van der Waals surface area (Å²) in [5.41, 5.74) is 0.896. The lowest BCUT2D eigenvalue weighted by Gasteiger charge is -2.46. The third kappa shape index (κ3) is 3.75. The summed E-state index contributed by atoms with van der Waals surface area (Å²) in [5, 5.41) is 21.4. The summed E-state index contributed by atoms with van der Waals surface area (Å²) in [6.07, 6.45) is -2.65. The normalized spacial score (nSPS) is 23.7. The van der Waals surface area contributed by atoms with Crippen LogP contribution in [0.4, 0.5) is 16.2 Å². The summed E-state index contributed by atoms with van der Waals surface area (Å²) in [4.78, 5) is 16.0. The van der Waals surface area contributed by atoms with E-state index in [2.05, 4.69) is 0 Å². The number of piperidine rings is 1. The Morgan fingerprint density at radius 2 is 1.55 bits per heavy atom. The van der Waals surface area contributed by atoms with Gasteiger partial charge in [-0.1, -0.05) is 24.3 Å². The quantitative estimate of drug-likeness (QED) is 0.767. The van der Waals surface area contributed by atoms with Crippen molar-refractivity contribution in [3.8, 4) is 11.5 Å². The minimum absolute atomic E-state index is 0.0141. The number of fused-ring (bicyclic) bond motifs is 2. The SMILES string of the molecule is CC(C)(C)OC(=O)N1C[C@@H](O)[C@H](O)[C@H](N2c3ccccc3Oc3ccccc32)C1. The number of carbonyl (C=O) groups is 1. The van der Waals surface area contributed by atoms with Crippen molar-refractivity contribution in [1.82, 2.24) is 4.90 Å². The van der Waals surface area contributed by atoms with Gasteiger partial charge in [0.1, 0.15) is 11.7 Å². The van der Waals surface area contributed by atoms with Gasteiger partial charge in [0.05, 0.1) is 30.1 Å². The molecule has 29 heavy (non-hydrogen) atoms. The topological polar surface area (TPSA) is 82.5 Å². The van der Waals surface area contributed by atoms with E-state index < -0.39 is 29.9 Å². The van der Waals surface area contributed by atoms with Gasteiger partial charge in [0, 0.05) is 6.54 Å². The largest absolute Gasteiger partial charge is 0.453 e. The molecule has 2 heterocycles. The van der Waals surface area contributed by atoms with Gasteiger partial charge >= 0.3 is 6.09 Å². The molecule has 1 saturated heterocycles. The minimum Gasteiger partial charge on any atom is -0.453 e. The van der Waals surface area contributed by atoms with Crippen LogP contribution in [0.25, 0.3) is 0 Å². The second-order valence-corrected chi connectivity index (χ2v) is 8.42. The van der Waals surface area contributed by atoms with Gasteiger partial charge in [-0.05, 0) is 45.0 Å². The molecule has 2 N–H and O–H groups in total. The fraction of sp³-hybridized carbons (Fsp3) is 0.409. The lowest BCUT2D eigenvalue weighted by molar-refractivity contribution is -0.0563. The number of aliphatic hydroxyl groups excluding tert-OH is 2. The van der Waals surface area contributed by atoms with Crippen molar-refractivity contribution in [3.63, 3.8) is 0 Å². The number of aliphatic hydroxyl groups is 2. The molecule has 0 unspecified atom stereocenters. The Balaban J connectivity index is 1.72. The van der Waals surface area contributed by atoms with Gasteiger partial charge in [-0.2, -0.15) is 0 Å². The van der Waals surface area contributed by atoms with Crippen LogP contribution in [0, 0.1) is 0 Å². The van der Waals surface area contributed by atoms with Crippen LogP contribution < -0.4 is 9.64 Å². The number of likely N-dealkylation sites (tertiary alicyclic amines) is 1. The lowest BCUT2D eigenvalue weighted by Crippen LogP contribution is -2.62. The average Bonchev–Trinajstić information content (AvgIpc) is 2.67. The summed E-state index contributed by atoms with van der Waals surface area (Å²) in [6, 6.07) is 14.5. The molecule has 0 aromatic heterocycles. The number of amides is 1. The van der Waals surface area contributed by atoms with Crippen LogP contribution in [0.5, 0.6) is 11.5 Å². The van der Waals surface area contributed by atoms with Gasteiger partial charge in [-0.3, -0.25) is 0 Å². The van der Waals surface area contributed by atoms with E-state index in [-0.39, 0.29) is 13.1 Å². The molecule has 0 bridgehead atoms. The van der Waals surface area contributed by atoms with E-state index in [1.807, 2.05) is 53.4 Å². The smallest absolute Gasteiger partial charge is 0.410 e. The van der Waals surface area contributed by atoms with Gasteiger partial charge in [-0.15, -0.1) is 0 Å². The maximum Gasteiger partial charge on any atom is 0.410 e. The molecule has 7 nitrogen and oxygen atoms in total. The van der Waals surface area contributed by atoms with Crippen molar-refractivity contribution in [3.05, 3.63) is 48.5 Å². The van der Waals surface area contributed by atoms with Crippen LogP contribution in [-0.4, -0.2) is 58.1 Å². The number of para-hydroxylation sites is 4. The molecule has 7 heteroatoms. The summed E-state index contributed by atoms with van der Waals surface area (Å²) in [6.45, 7) is 5.61. The van der Waals surface area contributed by atoms with Crippen LogP contribution in [0.3, 0.4) is 0 Å². The molecule has 154 valence electrons. The molecule has 3 atom stereocenters. The highest BCUT2D eigenvalue weighted by Gasteiger charge is 2.43. The predicted molar refractivity (Wildman–Crippen MR) is 109 cm³/mol. The van der Waals surface area contributed by atoms with Crippen molar-refractivity contribution in [2.75, 3.05) is 18.0 Å². The second-order valence-electron chi connectivity index (χ2n) is 8.42. The first-order valence-electron chi connectivity index (χ1n) is 9.74. The zero-order valence-corrected chi connectivity index (χ0v) is 16.8. The van der Waals surface area contributed by atoms with Crippen LogP contribution in [0.15, 0.2) is 48.5 Å². The number of hydrogen-bond acceptors (Lipinski definition) is 6. The van der Waals surface area contributed by atoms with Crippen molar-refractivity contribution in [2.45, 2.75) is 44.6 Å². The van der Waals surface area contributed by atoms with E-state index in [1.165, 1.54) is 4.90 Å². The Labute approximate surface area is 170 Å². The molecule has 2 aromatic rings. The molecule has 0 radical (unpaired) electrons. The van der Waals surface area contributed by atoms with Crippen molar-refractivity contribution >= 4 is 17.5 Å². The van der Waals surface area contributed by atoms with E-state index in [9.17, 15) is 15.0 Å². The van der Waals surface area contributed by atoms with Gasteiger partial charge in [0.2, 0.25) is 0 Å². The van der Waals surface area contributed by atoms with Crippen molar-refractivity contribution < 1.29 is 24.5 Å². The first kappa shape index (κ1) is 19.5. The molecule has 0 aliphatic carbocycles. The molecule has 2 aliphatic heterocycles. The Morgan fingerprint density at radius 1 is 1.00 bits per heavy atom. The summed E-state index contributed by atoms with van der Waals surface area (Å²) < 4.78 is 11.5. The number of nitrogens with zero attached hydrogens (tertiary/aromatic N) is 2. The highest BCUT2D eigenvalue weighted by Crippen LogP contribution is 2.48. The summed E-state index contributed by atoms with van der Waals surface area (Å²) >= 11 is 0. The van der Waals surface area contributed by atoms with Crippen LogP contribution in [-0.2, 0) is 4.74 Å². The van der Waals surface area contributed by atoms with E-state index in [1.54, 1.807) is 20.8 Å². The number of rotatable bonds is 1. The summed E-state index contributed by atoms with van der Waals surface area (Å²) in [7, 11) is 0. The van der Waals surface area contributed by atoms with Crippen LogP contribution in [0.1, 0.15) is 20.8 Å². The standard InChI is InChI=1S/C22H26N2O5/c1-22(2,3)29-21(27)23-12-16(20(26)17(25)13-23)24-14-8-4-6-10-18(14)28-19-11-7-5-9-15(19)24/h4-11,16-17,20,25-26H,12-13H2,1-3H3/t16-,17-,20-/m1/s1. The fourth-order valence-electron chi connectivity index (χ4n) is 3.80. The zero-order valence-electron chi connectivity index (χ0n) is 16.8. The molecule has 2 aromatic carbocycles. The van der Waals surface area contributed by atoms with E-state index in [0.717, 1.165) is 11.4 Å². The summed E-state index contributed by atoms with van der Waals surface area (Å²) in [5.74, 6) is 1.31. The number of benzene rings is 2. The fourth-order valence-corrected chi connectivity index (χ4v) is 3.80. The number of carbonyl (C=O) groups excluding carboxylic acids is 1. The minimum atomic E-state index is -1.09. The first-order valence-corrected chi connectivity index (χ1v) is 9.74. The third-order valence-corrected chi connectivity index (χ3v) is 5.06. The maximum absolute atomic E-state index is 12.7. The number of anilines is 2. The second kappa shape index (κ2) is 7.24. The highest BCUT2D eigenvalue weighted by atomic mass is 16.6. The van der Waals surface area contributed by atoms with Gasteiger partial charge in [0.15, 0.2) is 11.5 Å². The number of β-amino-alcohol motifs (C(OH)–C–C–N with tert-alkyl or cyclic N) is 1. The van der Waals surface area contributed by atoms with E-state index in [0.29, 0.717) is 11.5 Å². The Kier molecular flexibility index (Phi) is 4.88. The van der Waals surface area contributed by atoms with Gasteiger partial charge < -0.3 is 29.5 Å². The maximum atomic E-state index is 12.7. The zero-order chi connectivity index (χ0) is 20.8. The molecule has 0 saturated carbocycles. The van der Waals surface area contributed by atoms with Gasteiger partial charge in [-0.25, -0.2) is 4.79 Å². The lowest BCUT2D eigenvalue weighted by atomic mass is 9.96.